The fourth-order valence-electron chi connectivity index (χ4n) is 8.76. The van der Waals surface area contributed by atoms with Crippen LogP contribution in [0.15, 0.2) is 212 Å². The second kappa shape index (κ2) is 12.7. The molecule has 0 saturated carbocycles. The summed E-state index contributed by atoms with van der Waals surface area (Å²) in [6.07, 6.45) is 0. The topological polar surface area (TPSA) is 3.24 Å². The predicted octanol–water partition coefficient (Wildman–Crippen LogP) is 15.3. The molecule has 0 atom stereocenters. The smallest absolute Gasteiger partial charge is 0.0540 e. The molecular weight excluding hydrogens is 663 g/mol. The number of nitrogens with zero attached hydrogens (tertiary/aromatic N) is 1. The Hall–Kier alpha value is -7.22. The average Bonchev–Trinajstić information content (AvgIpc) is 3.39. The summed E-state index contributed by atoms with van der Waals surface area (Å²) >= 11 is 0. The van der Waals surface area contributed by atoms with E-state index in [-0.39, 0.29) is 0 Å². The molecule has 1 heterocycles. The van der Waals surface area contributed by atoms with Crippen LogP contribution in [0.1, 0.15) is 0 Å². The van der Waals surface area contributed by atoms with Gasteiger partial charge in [-0.3, -0.25) is 0 Å². The Kier molecular flexibility index (Phi) is 7.25. The number of rotatable bonds is 4. The van der Waals surface area contributed by atoms with E-state index in [1.54, 1.807) is 0 Å². The van der Waals surface area contributed by atoms with E-state index in [9.17, 15) is 0 Å². The van der Waals surface area contributed by atoms with Gasteiger partial charge in [-0.2, -0.15) is 0 Å². The molecule has 0 unspecified atom stereocenters. The lowest BCUT2D eigenvalue weighted by Crippen LogP contribution is -2.10. The second-order valence-corrected chi connectivity index (χ2v) is 14.5. The first-order valence-corrected chi connectivity index (χ1v) is 19.0. The fourth-order valence-corrected chi connectivity index (χ4v) is 8.76. The molecule has 1 heteroatoms. The summed E-state index contributed by atoms with van der Waals surface area (Å²) in [5.74, 6) is 0. The summed E-state index contributed by atoms with van der Waals surface area (Å²) in [4.78, 5) is 2.41. The second-order valence-electron chi connectivity index (χ2n) is 14.5. The van der Waals surface area contributed by atoms with Gasteiger partial charge >= 0.3 is 0 Å². The van der Waals surface area contributed by atoms with Crippen molar-refractivity contribution < 1.29 is 0 Å². The van der Waals surface area contributed by atoms with Crippen LogP contribution in [0.4, 0.5) is 17.1 Å². The van der Waals surface area contributed by atoms with E-state index < -0.39 is 0 Å². The lowest BCUT2D eigenvalue weighted by atomic mass is 9.91. The maximum atomic E-state index is 2.41. The van der Waals surface area contributed by atoms with Crippen molar-refractivity contribution in [3.05, 3.63) is 212 Å². The van der Waals surface area contributed by atoms with E-state index in [0.717, 1.165) is 5.69 Å². The quantitative estimate of drug-likeness (QED) is 0.166. The fraction of sp³-hybridized carbons (Fsp3) is 0. The van der Waals surface area contributed by atoms with Crippen LogP contribution in [0, 0.1) is 0 Å². The highest BCUT2D eigenvalue weighted by Gasteiger charge is 2.26. The summed E-state index contributed by atoms with van der Waals surface area (Å²) in [5.41, 5.74) is 15.7. The Morgan fingerprint density at radius 1 is 0.218 bits per heavy atom. The molecule has 0 N–H and O–H groups in total. The molecular formula is C54H35N. The van der Waals surface area contributed by atoms with Crippen LogP contribution in [0.3, 0.4) is 0 Å². The monoisotopic (exact) mass is 697 g/mol. The number of hydrogen-bond acceptors (Lipinski definition) is 1. The van der Waals surface area contributed by atoms with E-state index in [4.69, 9.17) is 0 Å². The molecule has 10 aromatic carbocycles. The van der Waals surface area contributed by atoms with Gasteiger partial charge in [-0.05, 0) is 113 Å². The lowest BCUT2D eigenvalue weighted by molar-refractivity contribution is 1.29. The first-order valence-electron chi connectivity index (χ1n) is 19.0. The molecule has 256 valence electrons. The highest BCUT2D eigenvalue weighted by molar-refractivity contribution is 6.25. The van der Waals surface area contributed by atoms with Gasteiger partial charge in [0.05, 0.1) is 11.4 Å². The van der Waals surface area contributed by atoms with Crippen molar-refractivity contribution >= 4 is 49.4 Å². The number of hydrogen-bond donors (Lipinski definition) is 0. The molecule has 55 heavy (non-hydrogen) atoms. The molecule has 11 rings (SSSR count). The molecule has 1 aliphatic heterocycles. The third kappa shape index (κ3) is 5.16. The van der Waals surface area contributed by atoms with Crippen LogP contribution in [0.2, 0.25) is 0 Å². The first-order chi connectivity index (χ1) is 27.3. The van der Waals surface area contributed by atoms with Crippen LogP contribution >= 0.6 is 0 Å². The minimum absolute atomic E-state index is 1.15. The van der Waals surface area contributed by atoms with Crippen LogP contribution in [-0.4, -0.2) is 0 Å². The van der Waals surface area contributed by atoms with Crippen LogP contribution in [0.5, 0.6) is 0 Å². The molecule has 0 amide bonds. The van der Waals surface area contributed by atoms with Crippen molar-refractivity contribution in [1.29, 1.82) is 0 Å². The van der Waals surface area contributed by atoms with Crippen molar-refractivity contribution in [2.24, 2.45) is 0 Å². The van der Waals surface area contributed by atoms with Gasteiger partial charge in [0.2, 0.25) is 0 Å². The molecule has 0 aliphatic carbocycles. The normalized spacial score (nSPS) is 12.0. The van der Waals surface area contributed by atoms with Crippen molar-refractivity contribution in [3.63, 3.8) is 0 Å². The number of benzene rings is 10. The van der Waals surface area contributed by atoms with E-state index >= 15 is 0 Å². The molecule has 10 aromatic rings. The Balaban J connectivity index is 0.938. The Bertz CT molecular complexity index is 3030. The summed E-state index contributed by atoms with van der Waals surface area (Å²) < 4.78 is 0. The zero-order chi connectivity index (χ0) is 36.3. The average molecular weight is 698 g/mol. The molecule has 1 aliphatic rings. The molecule has 0 radical (unpaired) electrons. The summed E-state index contributed by atoms with van der Waals surface area (Å²) in [6.45, 7) is 0. The van der Waals surface area contributed by atoms with Gasteiger partial charge in [0, 0.05) is 16.8 Å². The minimum atomic E-state index is 1.15. The predicted molar refractivity (Wildman–Crippen MR) is 234 cm³/mol. The molecule has 0 spiro atoms. The highest BCUT2D eigenvalue weighted by atomic mass is 15.1. The number of fused-ring (bicyclic) bond motifs is 11. The number of anilines is 3. The summed E-state index contributed by atoms with van der Waals surface area (Å²) in [7, 11) is 0. The van der Waals surface area contributed by atoms with Gasteiger partial charge in [-0.1, -0.05) is 176 Å². The minimum Gasteiger partial charge on any atom is -0.309 e. The molecule has 0 fully saturated rings. The van der Waals surface area contributed by atoms with E-state index in [1.807, 2.05) is 0 Å². The van der Waals surface area contributed by atoms with E-state index in [0.29, 0.717) is 0 Å². The standard InChI is InChI=1S/C54H35N/c1-2-12-42(13-3-1)55-53-21-11-10-20-50(53)46-17-7-9-19-48(46)52-35-41(31-33-54(52)55)39-28-24-37(25-29-39)36-22-26-38(27-23-36)40-30-32-49-45-16-5-4-14-43(45)44-15-6-8-18-47(44)51(49)34-40/h1-35H. The van der Waals surface area contributed by atoms with Gasteiger partial charge in [0.25, 0.3) is 0 Å². The lowest BCUT2D eigenvalue weighted by Gasteiger charge is -2.27. The van der Waals surface area contributed by atoms with Gasteiger partial charge in [0.1, 0.15) is 0 Å². The van der Waals surface area contributed by atoms with E-state index in [1.165, 1.54) is 99.3 Å². The van der Waals surface area contributed by atoms with Crippen molar-refractivity contribution in [2.45, 2.75) is 0 Å². The molecule has 0 saturated heterocycles. The van der Waals surface area contributed by atoms with Crippen molar-refractivity contribution in [3.8, 4) is 55.6 Å². The zero-order valence-corrected chi connectivity index (χ0v) is 30.2. The van der Waals surface area contributed by atoms with Crippen molar-refractivity contribution in [2.75, 3.05) is 4.90 Å². The SMILES string of the molecule is c1ccc(N2c3ccccc3-c3ccccc3-c3cc(-c4ccc(-c5ccc(-c6ccc7c8ccccc8c8ccccc8c7c6)cc5)cc4)ccc32)cc1. The van der Waals surface area contributed by atoms with Gasteiger partial charge in [0.15, 0.2) is 0 Å². The molecule has 0 bridgehead atoms. The van der Waals surface area contributed by atoms with Gasteiger partial charge in [-0.25, -0.2) is 0 Å². The Labute approximate surface area is 321 Å². The van der Waals surface area contributed by atoms with Crippen LogP contribution < -0.4 is 4.90 Å². The van der Waals surface area contributed by atoms with Gasteiger partial charge in [-0.15, -0.1) is 0 Å². The van der Waals surface area contributed by atoms with E-state index in [2.05, 4.69) is 217 Å². The Morgan fingerprint density at radius 3 is 1.20 bits per heavy atom. The van der Waals surface area contributed by atoms with Gasteiger partial charge < -0.3 is 4.90 Å². The third-order valence-electron chi connectivity index (χ3n) is 11.4. The maximum absolute atomic E-state index is 2.41. The third-order valence-corrected chi connectivity index (χ3v) is 11.4. The number of para-hydroxylation sites is 2. The highest BCUT2D eigenvalue weighted by Crippen LogP contribution is 2.51. The zero-order valence-electron chi connectivity index (χ0n) is 30.2. The maximum Gasteiger partial charge on any atom is 0.0540 e. The molecule has 1 nitrogen and oxygen atoms in total. The summed E-state index contributed by atoms with van der Waals surface area (Å²) in [5, 5.41) is 7.81. The molecule has 0 aromatic heterocycles. The van der Waals surface area contributed by atoms with Crippen LogP contribution in [0.25, 0.3) is 88.0 Å². The van der Waals surface area contributed by atoms with Crippen LogP contribution in [-0.2, 0) is 0 Å². The largest absolute Gasteiger partial charge is 0.309 e. The first kappa shape index (κ1) is 31.3. The summed E-state index contributed by atoms with van der Waals surface area (Å²) in [6, 6.07) is 77.7. The Morgan fingerprint density at radius 2 is 0.600 bits per heavy atom. The van der Waals surface area contributed by atoms with Crippen molar-refractivity contribution in [1.82, 2.24) is 0 Å².